The van der Waals surface area contributed by atoms with E-state index in [2.05, 4.69) is 26.0 Å². The van der Waals surface area contributed by atoms with E-state index in [4.69, 9.17) is 4.74 Å². The Balaban J connectivity index is 2.44. The maximum Gasteiger partial charge on any atom is 0.303 e. The van der Waals surface area contributed by atoms with Gasteiger partial charge < -0.3 is 14.9 Å². The van der Waals surface area contributed by atoms with Gasteiger partial charge in [0.1, 0.15) is 5.60 Å². The summed E-state index contributed by atoms with van der Waals surface area (Å²) in [6.45, 7) is 11.4. The van der Waals surface area contributed by atoms with Crippen molar-refractivity contribution in [2.24, 2.45) is 23.2 Å². The Morgan fingerprint density at radius 1 is 1.27 bits per heavy atom. The van der Waals surface area contributed by atoms with Crippen LogP contribution in [-0.2, 0) is 9.53 Å². The zero-order valence-electron chi connectivity index (χ0n) is 17.2. The van der Waals surface area contributed by atoms with E-state index in [1.807, 2.05) is 26.0 Å². The minimum absolute atomic E-state index is 0.0342. The van der Waals surface area contributed by atoms with Gasteiger partial charge in [-0.25, -0.2) is 0 Å². The molecule has 4 heteroatoms. The second-order valence-corrected chi connectivity index (χ2v) is 9.48. The standard InChI is InChI=1S/C22H36O4/c1-15-8-7-11-22(6,25)14-18(24)19-17(20(3,4)26-16(2)23)10-13-21(19,5)12-9-15/h7,9,11-12,15,17-19,24-25H,8,10,13-14H2,1-6H3/b11-7+,12-9+/t15-,17-,18+,19?,21+,22-/m1/s1. The Morgan fingerprint density at radius 3 is 2.54 bits per heavy atom. The van der Waals surface area contributed by atoms with Gasteiger partial charge >= 0.3 is 5.97 Å². The van der Waals surface area contributed by atoms with Crippen molar-refractivity contribution in [3.8, 4) is 0 Å². The van der Waals surface area contributed by atoms with Gasteiger partial charge in [0.2, 0.25) is 0 Å². The first-order valence-corrected chi connectivity index (χ1v) is 9.83. The summed E-state index contributed by atoms with van der Waals surface area (Å²) in [7, 11) is 0. The highest BCUT2D eigenvalue weighted by molar-refractivity contribution is 5.66. The summed E-state index contributed by atoms with van der Waals surface area (Å²) in [5.41, 5.74) is -1.89. The molecule has 2 N–H and O–H groups in total. The van der Waals surface area contributed by atoms with Crippen LogP contribution in [0.3, 0.4) is 0 Å². The number of hydrogen-bond acceptors (Lipinski definition) is 4. The summed E-state index contributed by atoms with van der Waals surface area (Å²) in [4.78, 5) is 11.6. The van der Waals surface area contributed by atoms with E-state index in [1.165, 1.54) is 6.92 Å². The van der Waals surface area contributed by atoms with Gasteiger partial charge in [-0.2, -0.15) is 0 Å². The van der Waals surface area contributed by atoms with Crippen LogP contribution in [0, 0.1) is 23.2 Å². The number of allylic oxidation sites excluding steroid dienone is 3. The largest absolute Gasteiger partial charge is 0.460 e. The molecule has 26 heavy (non-hydrogen) atoms. The van der Waals surface area contributed by atoms with E-state index in [0.717, 1.165) is 19.3 Å². The highest BCUT2D eigenvalue weighted by atomic mass is 16.6. The molecule has 1 saturated carbocycles. The van der Waals surface area contributed by atoms with Gasteiger partial charge in [0.05, 0.1) is 11.7 Å². The maximum atomic E-state index is 11.6. The molecule has 2 rings (SSSR count). The molecule has 1 unspecified atom stereocenters. The number of aliphatic hydroxyl groups excluding tert-OH is 1. The van der Waals surface area contributed by atoms with Crippen molar-refractivity contribution in [1.82, 2.24) is 0 Å². The lowest BCUT2D eigenvalue weighted by Crippen LogP contribution is -2.47. The number of hydrogen-bond donors (Lipinski definition) is 2. The number of aliphatic hydroxyl groups is 2. The van der Waals surface area contributed by atoms with Crippen molar-refractivity contribution < 1.29 is 19.7 Å². The molecule has 2 aliphatic carbocycles. The molecule has 4 nitrogen and oxygen atoms in total. The van der Waals surface area contributed by atoms with Crippen LogP contribution in [0.4, 0.5) is 0 Å². The highest BCUT2D eigenvalue weighted by Gasteiger charge is 2.54. The molecule has 0 saturated heterocycles. The molecule has 0 spiro atoms. The van der Waals surface area contributed by atoms with Crippen LogP contribution in [-0.4, -0.2) is 33.5 Å². The summed E-state index contributed by atoms with van der Waals surface area (Å²) in [5.74, 6) is 0.0225. The van der Waals surface area contributed by atoms with Crippen LogP contribution in [0.5, 0.6) is 0 Å². The van der Waals surface area contributed by atoms with E-state index >= 15 is 0 Å². The smallest absolute Gasteiger partial charge is 0.303 e. The van der Waals surface area contributed by atoms with Crippen LogP contribution >= 0.6 is 0 Å². The number of fused-ring (bicyclic) bond motifs is 1. The van der Waals surface area contributed by atoms with Gasteiger partial charge in [-0.15, -0.1) is 0 Å². The molecule has 0 aromatic rings. The van der Waals surface area contributed by atoms with Gasteiger partial charge in [-0.1, -0.05) is 38.2 Å². The Hall–Kier alpha value is -1.13. The zero-order valence-corrected chi connectivity index (χ0v) is 17.2. The number of esters is 1. The Kier molecular flexibility index (Phi) is 6.09. The lowest BCUT2D eigenvalue weighted by Gasteiger charge is -2.42. The predicted molar refractivity (Wildman–Crippen MR) is 103 cm³/mol. The monoisotopic (exact) mass is 364 g/mol. The van der Waals surface area contributed by atoms with E-state index < -0.39 is 17.3 Å². The van der Waals surface area contributed by atoms with Crippen molar-refractivity contribution >= 4 is 5.97 Å². The fraction of sp³-hybridized carbons (Fsp3) is 0.773. The van der Waals surface area contributed by atoms with Gasteiger partial charge in [-0.05, 0) is 51.4 Å². The first kappa shape index (κ1) is 21.2. The number of carbonyl (C=O) groups is 1. The topological polar surface area (TPSA) is 66.8 Å². The lowest BCUT2D eigenvalue weighted by molar-refractivity contribution is -0.164. The summed E-state index contributed by atoms with van der Waals surface area (Å²) < 4.78 is 5.64. The normalized spacial score (nSPS) is 43.8. The summed E-state index contributed by atoms with van der Waals surface area (Å²) >= 11 is 0. The molecule has 0 heterocycles. The van der Waals surface area contributed by atoms with Crippen LogP contribution in [0.2, 0.25) is 0 Å². The lowest BCUT2D eigenvalue weighted by atomic mass is 9.68. The van der Waals surface area contributed by atoms with E-state index in [0.29, 0.717) is 5.92 Å². The van der Waals surface area contributed by atoms with Crippen molar-refractivity contribution in [2.45, 2.75) is 84.5 Å². The summed E-state index contributed by atoms with van der Waals surface area (Å²) in [5, 5.41) is 21.9. The summed E-state index contributed by atoms with van der Waals surface area (Å²) in [6, 6.07) is 0. The minimum Gasteiger partial charge on any atom is -0.460 e. The first-order chi connectivity index (χ1) is 11.9. The number of ether oxygens (including phenoxy) is 1. The fourth-order valence-corrected chi connectivity index (χ4v) is 5.02. The van der Waals surface area contributed by atoms with Crippen LogP contribution in [0.15, 0.2) is 24.3 Å². The third kappa shape index (κ3) is 4.77. The van der Waals surface area contributed by atoms with Gasteiger partial charge in [0.15, 0.2) is 0 Å². The fourth-order valence-electron chi connectivity index (χ4n) is 5.02. The number of carbonyl (C=O) groups excluding carboxylic acids is 1. The van der Waals surface area contributed by atoms with Crippen LogP contribution in [0.25, 0.3) is 0 Å². The zero-order chi connectivity index (χ0) is 19.8. The molecular formula is C22H36O4. The molecule has 148 valence electrons. The third-order valence-corrected chi connectivity index (χ3v) is 6.32. The second-order valence-electron chi connectivity index (χ2n) is 9.48. The quantitative estimate of drug-likeness (QED) is 0.574. The van der Waals surface area contributed by atoms with E-state index in [1.54, 1.807) is 6.92 Å². The molecule has 1 fully saturated rings. The SMILES string of the molecule is CC(=O)OC(C)(C)[C@@H]1CC[C@]2(C)/C=C/[C@H](C)C/C=C/[C@@](C)(O)C[C@H](O)C12. The molecular weight excluding hydrogens is 328 g/mol. The van der Waals surface area contributed by atoms with Crippen molar-refractivity contribution in [3.63, 3.8) is 0 Å². The van der Waals surface area contributed by atoms with Crippen molar-refractivity contribution in [3.05, 3.63) is 24.3 Å². The van der Waals surface area contributed by atoms with E-state index in [9.17, 15) is 15.0 Å². The molecule has 0 aromatic heterocycles. The van der Waals surface area contributed by atoms with E-state index in [-0.39, 0.29) is 29.6 Å². The second kappa shape index (κ2) is 7.47. The predicted octanol–water partition coefficient (Wildman–Crippen LogP) is 4.01. The average Bonchev–Trinajstić information content (AvgIpc) is 2.81. The van der Waals surface area contributed by atoms with Gasteiger partial charge in [-0.3, -0.25) is 4.79 Å². The van der Waals surface area contributed by atoms with Crippen molar-refractivity contribution in [1.29, 1.82) is 0 Å². The molecule has 0 aromatic carbocycles. The van der Waals surface area contributed by atoms with Gasteiger partial charge in [0.25, 0.3) is 0 Å². The Labute approximate surface area is 158 Å². The molecule has 6 atom stereocenters. The van der Waals surface area contributed by atoms with Crippen LogP contribution in [0.1, 0.15) is 67.2 Å². The molecule has 0 bridgehead atoms. The molecule has 0 amide bonds. The van der Waals surface area contributed by atoms with Crippen LogP contribution < -0.4 is 0 Å². The maximum absolute atomic E-state index is 11.6. The third-order valence-electron chi connectivity index (χ3n) is 6.32. The minimum atomic E-state index is -1.05. The van der Waals surface area contributed by atoms with Crippen molar-refractivity contribution in [2.75, 3.05) is 0 Å². The summed E-state index contributed by atoms with van der Waals surface area (Å²) in [6.07, 6.45) is 10.6. The number of rotatable bonds is 2. The molecule has 2 aliphatic rings. The first-order valence-electron chi connectivity index (χ1n) is 9.83. The Bertz CT molecular complexity index is 575. The highest BCUT2D eigenvalue weighted by Crippen LogP contribution is 2.55. The van der Waals surface area contributed by atoms with Gasteiger partial charge in [0, 0.05) is 25.2 Å². The Morgan fingerprint density at radius 2 is 1.92 bits per heavy atom. The average molecular weight is 365 g/mol. The molecule has 0 aliphatic heterocycles. The molecule has 0 radical (unpaired) electrons.